The van der Waals surface area contributed by atoms with E-state index in [1.165, 1.54) is 12.1 Å². The predicted molar refractivity (Wildman–Crippen MR) is 119 cm³/mol. The highest BCUT2D eigenvalue weighted by molar-refractivity contribution is 5.87. The minimum absolute atomic E-state index is 0.277. The Bertz CT molecular complexity index is 1100. The molecule has 2 fully saturated rings. The molecule has 2 bridgehead atoms. The highest BCUT2D eigenvalue weighted by Crippen LogP contribution is 2.35. The normalized spacial score (nSPS) is 20.5. The van der Waals surface area contributed by atoms with Gasteiger partial charge in [-0.1, -0.05) is 30.3 Å². The van der Waals surface area contributed by atoms with E-state index >= 15 is 0 Å². The van der Waals surface area contributed by atoms with Crippen LogP contribution in [-0.4, -0.2) is 46.0 Å². The van der Waals surface area contributed by atoms with Gasteiger partial charge in [0.1, 0.15) is 17.3 Å². The maximum atomic E-state index is 13.2. The molecule has 0 radical (unpaired) electrons. The van der Waals surface area contributed by atoms with Crippen LogP contribution in [0.3, 0.4) is 0 Å². The molecule has 1 N–H and O–H groups in total. The second-order valence-corrected chi connectivity index (χ2v) is 8.57. The van der Waals surface area contributed by atoms with Crippen molar-refractivity contribution >= 4 is 5.97 Å². The van der Waals surface area contributed by atoms with Gasteiger partial charge in [0, 0.05) is 43.8 Å². The molecule has 2 atom stereocenters. The molecule has 0 saturated carbocycles. The fourth-order valence-corrected chi connectivity index (χ4v) is 4.79. The van der Waals surface area contributed by atoms with Crippen molar-refractivity contribution in [2.45, 2.75) is 31.6 Å². The number of para-hydroxylation sites is 1. The van der Waals surface area contributed by atoms with Crippen molar-refractivity contribution in [1.29, 1.82) is 0 Å². The molecule has 3 aromatic carbocycles. The van der Waals surface area contributed by atoms with Crippen molar-refractivity contribution < 1.29 is 19.0 Å². The molecule has 2 aliphatic rings. The van der Waals surface area contributed by atoms with E-state index in [0.717, 1.165) is 49.5 Å². The molecule has 5 rings (SSSR count). The third-order valence-electron chi connectivity index (χ3n) is 6.44. The number of hydrogen-bond acceptors (Lipinski definition) is 4. The number of piperazine rings is 1. The molecule has 3 aromatic rings. The number of likely N-dealkylation sites (tertiary alicyclic amines) is 2. The molecule has 164 valence electrons. The van der Waals surface area contributed by atoms with Crippen LogP contribution in [0, 0.1) is 5.82 Å². The molecule has 2 heterocycles. The number of carboxylic acid groups (broad SMARTS) is 1. The van der Waals surface area contributed by atoms with Gasteiger partial charge >= 0.3 is 5.97 Å². The Kier molecular flexibility index (Phi) is 5.64. The lowest BCUT2D eigenvalue weighted by Gasteiger charge is -2.34. The van der Waals surface area contributed by atoms with Gasteiger partial charge in [-0.15, -0.1) is 0 Å². The van der Waals surface area contributed by atoms with Crippen molar-refractivity contribution in [3.63, 3.8) is 0 Å². The number of fused-ring (bicyclic) bond motifs is 2. The average Bonchev–Trinajstić information content (AvgIpc) is 3.37. The highest BCUT2D eigenvalue weighted by Gasteiger charge is 2.42. The van der Waals surface area contributed by atoms with E-state index in [0.29, 0.717) is 23.4 Å². The summed E-state index contributed by atoms with van der Waals surface area (Å²) in [5, 5.41) is 9.07. The fraction of sp³-hybridized carbons (Fsp3) is 0.269. The zero-order valence-corrected chi connectivity index (χ0v) is 17.7. The summed E-state index contributed by atoms with van der Waals surface area (Å²) in [6.45, 7) is 3.67. The molecule has 2 aliphatic heterocycles. The Labute approximate surface area is 186 Å². The van der Waals surface area contributed by atoms with Crippen LogP contribution in [0.5, 0.6) is 11.5 Å². The van der Waals surface area contributed by atoms with Gasteiger partial charge < -0.3 is 9.84 Å². The molecular weight excluding hydrogens is 407 g/mol. The number of rotatable bonds is 7. The van der Waals surface area contributed by atoms with Crippen LogP contribution in [0.2, 0.25) is 0 Å². The summed E-state index contributed by atoms with van der Waals surface area (Å²) < 4.78 is 19.2. The van der Waals surface area contributed by atoms with Gasteiger partial charge in [-0.2, -0.15) is 0 Å². The van der Waals surface area contributed by atoms with E-state index in [-0.39, 0.29) is 5.82 Å². The van der Waals surface area contributed by atoms with E-state index in [9.17, 15) is 9.18 Å². The van der Waals surface area contributed by atoms with Crippen LogP contribution in [-0.2, 0) is 13.1 Å². The lowest BCUT2D eigenvalue weighted by atomic mass is 10.1. The first-order chi connectivity index (χ1) is 15.5. The molecule has 0 aromatic heterocycles. The van der Waals surface area contributed by atoms with Crippen molar-refractivity contribution in [3.8, 4) is 11.5 Å². The van der Waals surface area contributed by atoms with E-state index < -0.39 is 5.97 Å². The molecule has 0 amide bonds. The van der Waals surface area contributed by atoms with Crippen molar-refractivity contribution in [3.05, 3.63) is 95.3 Å². The van der Waals surface area contributed by atoms with E-state index in [4.69, 9.17) is 9.84 Å². The summed E-state index contributed by atoms with van der Waals surface area (Å²) >= 11 is 0. The van der Waals surface area contributed by atoms with Crippen LogP contribution in [0.1, 0.15) is 27.9 Å². The number of ether oxygens (including phenoxy) is 1. The summed E-state index contributed by atoms with van der Waals surface area (Å²) in [5.41, 5.74) is 2.59. The van der Waals surface area contributed by atoms with Crippen LogP contribution in [0.25, 0.3) is 0 Å². The second-order valence-electron chi connectivity index (χ2n) is 8.57. The number of aromatic carboxylic acids is 1. The first-order valence-electron chi connectivity index (χ1n) is 10.9. The van der Waals surface area contributed by atoms with Crippen molar-refractivity contribution in [2.75, 3.05) is 13.1 Å². The van der Waals surface area contributed by atoms with Gasteiger partial charge in [0.15, 0.2) is 0 Å². The first kappa shape index (κ1) is 20.7. The van der Waals surface area contributed by atoms with E-state index in [2.05, 4.69) is 15.9 Å². The zero-order valence-electron chi connectivity index (χ0n) is 17.7. The van der Waals surface area contributed by atoms with E-state index in [1.807, 2.05) is 30.3 Å². The Morgan fingerprint density at radius 2 is 1.56 bits per heavy atom. The SMILES string of the molecule is O=C(O)c1ccc(CN2C[C@@H]3C[C@H]2CN3Cc2ccccc2Oc2ccc(F)cc2)cc1. The number of carboxylic acids is 1. The van der Waals surface area contributed by atoms with Gasteiger partial charge in [0.2, 0.25) is 0 Å². The molecular formula is C26H25FN2O3. The van der Waals surface area contributed by atoms with Gasteiger partial charge in [-0.25, -0.2) is 9.18 Å². The maximum absolute atomic E-state index is 13.2. The van der Waals surface area contributed by atoms with Gasteiger partial charge in [0.05, 0.1) is 5.56 Å². The van der Waals surface area contributed by atoms with E-state index in [1.54, 1.807) is 24.3 Å². The van der Waals surface area contributed by atoms with Crippen molar-refractivity contribution in [1.82, 2.24) is 9.80 Å². The molecule has 32 heavy (non-hydrogen) atoms. The fourth-order valence-electron chi connectivity index (χ4n) is 4.79. The summed E-state index contributed by atoms with van der Waals surface area (Å²) in [6.07, 6.45) is 1.15. The lowest BCUT2D eigenvalue weighted by molar-refractivity contribution is 0.0697. The third kappa shape index (κ3) is 4.38. The molecule has 2 saturated heterocycles. The Morgan fingerprint density at radius 1 is 0.906 bits per heavy atom. The zero-order chi connectivity index (χ0) is 22.1. The van der Waals surface area contributed by atoms with Crippen LogP contribution in [0.15, 0.2) is 72.8 Å². The van der Waals surface area contributed by atoms with Crippen molar-refractivity contribution in [2.24, 2.45) is 0 Å². The largest absolute Gasteiger partial charge is 0.478 e. The first-order valence-corrected chi connectivity index (χ1v) is 10.9. The van der Waals surface area contributed by atoms with Crippen LogP contribution < -0.4 is 4.74 Å². The van der Waals surface area contributed by atoms with Gasteiger partial charge in [0.25, 0.3) is 0 Å². The highest BCUT2D eigenvalue weighted by atomic mass is 19.1. The third-order valence-corrected chi connectivity index (χ3v) is 6.44. The van der Waals surface area contributed by atoms with Crippen LogP contribution in [0.4, 0.5) is 4.39 Å². The smallest absolute Gasteiger partial charge is 0.335 e. The second kappa shape index (κ2) is 8.73. The molecule has 0 unspecified atom stereocenters. The predicted octanol–water partition coefficient (Wildman–Crippen LogP) is 4.77. The Balaban J connectivity index is 1.21. The molecule has 5 nitrogen and oxygen atoms in total. The summed E-state index contributed by atoms with van der Waals surface area (Å²) in [7, 11) is 0. The quantitative estimate of drug-likeness (QED) is 0.583. The number of hydrogen-bond donors (Lipinski definition) is 1. The number of halogens is 1. The number of benzene rings is 3. The molecule has 0 spiro atoms. The molecule has 0 aliphatic carbocycles. The number of carbonyl (C=O) groups is 1. The maximum Gasteiger partial charge on any atom is 0.335 e. The molecule has 6 heteroatoms. The summed E-state index contributed by atoms with van der Waals surface area (Å²) in [5.74, 6) is 0.261. The van der Waals surface area contributed by atoms with Gasteiger partial charge in [-0.3, -0.25) is 9.80 Å². The van der Waals surface area contributed by atoms with Crippen LogP contribution >= 0.6 is 0 Å². The standard InChI is InChI=1S/C26H25FN2O3/c27-21-9-11-24(12-10-21)32-25-4-2-1-3-20(25)15-29-17-22-13-23(29)16-28(22)14-18-5-7-19(8-6-18)26(30)31/h1-12,22-23H,13-17H2,(H,30,31)/t22-,23-/m0/s1. The number of nitrogens with zero attached hydrogens (tertiary/aromatic N) is 2. The topological polar surface area (TPSA) is 53.0 Å². The van der Waals surface area contributed by atoms with Gasteiger partial charge in [-0.05, 0) is 54.4 Å². The average molecular weight is 432 g/mol. The minimum atomic E-state index is -0.892. The lowest BCUT2D eigenvalue weighted by Crippen LogP contribution is -2.45. The Hall–Kier alpha value is -3.22. The minimum Gasteiger partial charge on any atom is -0.478 e. The monoisotopic (exact) mass is 432 g/mol. The summed E-state index contributed by atoms with van der Waals surface area (Å²) in [4.78, 5) is 16.1. The summed E-state index contributed by atoms with van der Waals surface area (Å²) in [6, 6.07) is 22.3. The Morgan fingerprint density at radius 3 is 2.22 bits per heavy atom.